The molecule has 1 unspecified atom stereocenters. The number of aromatic nitrogens is 2. The summed E-state index contributed by atoms with van der Waals surface area (Å²) in [5, 5.41) is 17.3. The fourth-order valence-corrected chi connectivity index (χ4v) is 2.58. The molecule has 136 valence electrons. The minimum Gasteiger partial charge on any atom is -0.488 e. The normalized spacial score (nSPS) is 11.7. The smallest absolute Gasteiger partial charge is 0.404 e. The molecule has 0 fully saturated rings. The van der Waals surface area contributed by atoms with Gasteiger partial charge >= 0.3 is 6.09 Å². The van der Waals surface area contributed by atoms with Crippen molar-refractivity contribution in [2.24, 2.45) is 11.7 Å². The summed E-state index contributed by atoms with van der Waals surface area (Å²) in [5.74, 6) is 0.736. The Bertz CT molecular complexity index is 815. The highest BCUT2D eigenvalue weighted by atomic mass is 16.6. The second-order valence-electron chi connectivity index (χ2n) is 6.41. The van der Waals surface area contributed by atoms with Gasteiger partial charge in [-0.15, -0.1) is 0 Å². The Labute approximate surface area is 152 Å². The van der Waals surface area contributed by atoms with Crippen LogP contribution in [0.4, 0.5) is 4.79 Å². The van der Waals surface area contributed by atoms with E-state index in [2.05, 4.69) is 16.3 Å². The first-order valence-electron chi connectivity index (χ1n) is 8.31. The fraction of sp³-hybridized carbons (Fsp3) is 0.368. The van der Waals surface area contributed by atoms with Crippen LogP contribution in [0.15, 0.2) is 30.5 Å². The quantitative estimate of drug-likeness (QED) is 0.817. The Kier molecular flexibility index (Phi) is 6.50. The molecule has 0 aliphatic carbocycles. The van der Waals surface area contributed by atoms with Crippen LogP contribution in [0.5, 0.6) is 5.75 Å². The number of nitrogens with two attached hydrogens (primary N) is 1. The van der Waals surface area contributed by atoms with Crippen LogP contribution in [0, 0.1) is 24.2 Å². The third-order valence-corrected chi connectivity index (χ3v) is 3.65. The van der Waals surface area contributed by atoms with Crippen LogP contribution in [0.2, 0.25) is 0 Å². The van der Waals surface area contributed by atoms with E-state index in [4.69, 9.17) is 15.2 Å². The van der Waals surface area contributed by atoms with Crippen molar-refractivity contribution >= 4 is 6.09 Å². The maximum Gasteiger partial charge on any atom is 0.404 e. The van der Waals surface area contributed by atoms with Crippen molar-refractivity contribution in [3.8, 4) is 22.9 Å². The molecule has 0 radical (unpaired) electrons. The lowest BCUT2D eigenvalue weighted by molar-refractivity contribution is 0.0590. The summed E-state index contributed by atoms with van der Waals surface area (Å²) in [6.07, 6.45) is 0.954. The SMILES string of the molecule is Cc1cc(-c2ccc(OCC(CC(C)C)OC(N)=O)c(C#N)c2)cnn1. The van der Waals surface area contributed by atoms with Crippen molar-refractivity contribution in [3.05, 3.63) is 41.7 Å². The van der Waals surface area contributed by atoms with E-state index in [1.54, 1.807) is 18.3 Å². The predicted octanol–water partition coefficient (Wildman–Crippen LogP) is 3.21. The van der Waals surface area contributed by atoms with Crippen LogP contribution in [-0.2, 0) is 4.74 Å². The molecule has 1 heterocycles. The summed E-state index contributed by atoms with van der Waals surface area (Å²) < 4.78 is 10.8. The number of nitriles is 1. The molecule has 7 heteroatoms. The van der Waals surface area contributed by atoms with E-state index in [1.807, 2.05) is 32.9 Å². The number of ether oxygens (including phenoxy) is 2. The second-order valence-corrected chi connectivity index (χ2v) is 6.41. The number of benzene rings is 1. The minimum absolute atomic E-state index is 0.130. The van der Waals surface area contributed by atoms with Crippen LogP contribution in [0.25, 0.3) is 11.1 Å². The number of hydrogen-bond acceptors (Lipinski definition) is 6. The highest BCUT2D eigenvalue weighted by molar-refractivity contribution is 5.66. The van der Waals surface area contributed by atoms with Crippen molar-refractivity contribution in [1.82, 2.24) is 10.2 Å². The van der Waals surface area contributed by atoms with Gasteiger partial charge in [0.05, 0.1) is 17.5 Å². The molecule has 2 N–H and O–H groups in total. The van der Waals surface area contributed by atoms with Crippen LogP contribution in [-0.4, -0.2) is 29.0 Å². The van der Waals surface area contributed by atoms with Gasteiger partial charge in [0, 0.05) is 5.56 Å². The molecule has 0 aliphatic rings. The highest BCUT2D eigenvalue weighted by Crippen LogP contribution is 2.26. The molecular formula is C19H22N4O3. The molecule has 7 nitrogen and oxygen atoms in total. The van der Waals surface area contributed by atoms with Gasteiger partial charge in [0.1, 0.15) is 24.5 Å². The first-order chi connectivity index (χ1) is 12.4. The van der Waals surface area contributed by atoms with E-state index >= 15 is 0 Å². The molecule has 2 aromatic rings. The number of amides is 1. The van der Waals surface area contributed by atoms with E-state index in [9.17, 15) is 10.1 Å². The maximum atomic E-state index is 11.0. The summed E-state index contributed by atoms with van der Waals surface area (Å²) in [5.41, 5.74) is 8.01. The molecule has 0 bridgehead atoms. The van der Waals surface area contributed by atoms with Crippen molar-refractivity contribution in [2.45, 2.75) is 33.3 Å². The maximum absolute atomic E-state index is 11.0. The molecule has 1 atom stereocenters. The summed E-state index contributed by atoms with van der Waals surface area (Å²) in [6, 6.07) is 9.33. The molecule has 1 aromatic heterocycles. The number of carbonyl (C=O) groups excluding carboxylic acids is 1. The Balaban J connectivity index is 2.16. The van der Waals surface area contributed by atoms with Gasteiger partial charge in [-0.05, 0) is 43.0 Å². The third kappa shape index (κ3) is 5.45. The van der Waals surface area contributed by atoms with E-state index in [0.29, 0.717) is 23.7 Å². The summed E-state index contributed by atoms with van der Waals surface area (Å²) in [6.45, 7) is 6.01. The monoisotopic (exact) mass is 354 g/mol. The number of nitrogens with zero attached hydrogens (tertiary/aromatic N) is 3. The van der Waals surface area contributed by atoms with Crippen LogP contribution < -0.4 is 10.5 Å². The largest absolute Gasteiger partial charge is 0.488 e. The molecule has 1 aromatic carbocycles. The number of rotatable bonds is 7. The van der Waals surface area contributed by atoms with Crippen molar-refractivity contribution in [3.63, 3.8) is 0 Å². The average molecular weight is 354 g/mol. The topological polar surface area (TPSA) is 111 Å². The first kappa shape index (κ1) is 19.2. The van der Waals surface area contributed by atoms with E-state index < -0.39 is 12.2 Å². The predicted molar refractivity (Wildman–Crippen MR) is 96.3 cm³/mol. The molecule has 0 saturated heterocycles. The number of hydrogen-bond donors (Lipinski definition) is 1. The van der Waals surface area contributed by atoms with Crippen LogP contribution >= 0.6 is 0 Å². The minimum atomic E-state index is -0.837. The molecule has 0 saturated carbocycles. The summed E-state index contributed by atoms with van der Waals surface area (Å²) >= 11 is 0. The fourth-order valence-electron chi connectivity index (χ4n) is 2.58. The van der Waals surface area contributed by atoms with E-state index in [1.165, 1.54) is 0 Å². The lowest BCUT2D eigenvalue weighted by Gasteiger charge is -2.19. The van der Waals surface area contributed by atoms with E-state index in [0.717, 1.165) is 16.8 Å². The molecule has 2 rings (SSSR count). The lowest BCUT2D eigenvalue weighted by atomic mass is 10.0. The zero-order chi connectivity index (χ0) is 19.1. The van der Waals surface area contributed by atoms with E-state index in [-0.39, 0.29) is 6.61 Å². The third-order valence-electron chi connectivity index (χ3n) is 3.65. The molecule has 1 amide bonds. The van der Waals surface area contributed by atoms with Gasteiger partial charge in [0.15, 0.2) is 0 Å². The molecular weight excluding hydrogens is 332 g/mol. The van der Waals surface area contributed by atoms with Gasteiger partial charge in [-0.1, -0.05) is 19.9 Å². The van der Waals surface area contributed by atoms with Gasteiger partial charge in [-0.25, -0.2) is 4.79 Å². The summed E-state index contributed by atoms with van der Waals surface area (Å²) in [4.78, 5) is 11.0. The number of aryl methyl sites for hydroxylation is 1. The van der Waals surface area contributed by atoms with Gasteiger partial charge in [-0.2, -0.15) is 15.5 Å². The standard InChI is InChI=1S/C19H22N4O3/c1-12(2)6-17(26-19(21)24)11-25-18-5-4-14(8-15(18)9-20)16-7-13(3)23-22-10-16/h4-5,7-8,10,12,17H,6,11H2,1-3H3,(H2,21,24). The first-order valence-corrected chi connectivity index (χ1v) is 8.31. The Morgan fingerprint density at radius 3 is 2.69 bits per heavy atom. The number of primary amides is 1. The molecule has 0 aliphatic heterocycles. The zero-order valence-corrected chi connectivity index (χ0v) is 15.1. The van der Waals surface area contributed by atoms with Crippen molar-refractivity contribution < 1.29 is 14.3 Å². The summed E-state index contributed by atoms with van der Waals surface area (Å²) in [7, 11) is 0. The van der Waals surface area contributed by atoms with Crippen LogP contribution in [0.1, 0.15) is 31.5 Å². The van der Waals surface area contributed by atoms with Crippen LogP contribution in [0.3, 0.4) is 0 Å². The van der Waals surface area contributed by atoms with Gasteiger partial charge in [0.2, 0.25) is 0 Å². The molecule has 26 heavy (non-hydrogen) atoms. The van der Waals surface area contributed by atoms with Crippen molar-refractivity contribution in [1.29, 1.82) is 5.26 Å². The average Bonchev–Trinajstić information content (AvgIpc) is 2.58. The second kappa shape index (κ2) is 8.81. The Hall–Kier alpha value is -3.14. The lowest BCUT2D eigenvalue weighted by Crippen LogP contribution is -2.29. The Morgan fingerprint density at radius 2 is 2.08 bits per heavy atom. The highest BCUT2D eigenvalue weighted by Gasteiger charge is 2.17. The molecule has 0 spiro atoms. The van der Waals surface area contributed by atoms with Gasteiger partial charge < -0.3 is 15.2 Å². The number of carbonyl (C=O) groups is 1. The van der Waals surface area contributed by atoms with Gasteiger partial charge in [-0.3, -0.25) is 0 Å². The van der Waals surface area contributed by atoms with Gasteiger partial charge in [0.25, 0.3) is 0 Å². The Morgan fingerprint density at radius 1 is 1.31 bits per heavy atom. The zero-order valence-electron chi connectivity index (χ0n) is 15.1. The van der Waals surface area contributed by atoms with Crippen molar-refractivity contribution in [2.75, 3.05) is 6.61 Å².